The van der Waals surface area contributed by atoms with Crippen LogP contribution in [0.5, 0.6) is 11.8 Å². The minimum absolute atomic E-state index is 0.0746. The van der Waals surface area contributed by atoms with E-state index in [1.165, 1.54) is 12.7 Å². The van der Waals surface area contributed by atoms with Crippen LogP contribution >= 0.6 is 0 Å². The van der Waals surface area contributed by atoms with Gasteiger partial charge in [-0.25, -0.2) is 4.79 Å². The number of ether oxygens (including phenoxy) is 2. The lowest BCUT2D eigenvalue weighted by atomic mass is 10.1. The summed E-state index contributed by atoms with van der Waals surface area (Å²) in [5, 5.41) is 5.44. The summed E-state index contributed by atoms with van der Waals surface area (Å²) in [6.45, 7) is 0.663. The third kappa shape index (κ3) is 6.23. The molecule has 9 heteroatoms. The molecule has 0 bridgehead atoms. The van der Waals surface area contributed by atoms with Crippen LogP contribution in [-0.4, -0.2) is 36.7 Å². The zero-order valence-corrected chi connectivity index (χ0v) is 17.2. The fraction of sp³-hybridized carbons (Fsp3) is 0.227. The second kappa shape index (κ2) is 10.7. The summed E-state index contributed by atoms with van der Waals surface area (Å²) in [5.41, 5.74) is 3.22. The highest BCUT2D eigenvalue weighted by molar-refractivity contribution is 5.73. The molecule has 0 fully saturated rings. The van der Waals surface area contributed by atoms with Crippen LogP contribution in [0.25, 0.3) is 11.3 Å². The predicted molar refractivity (Wildman–Crippen MR) is 115 cm³/mol. The zero-order chi connectivity index (χ0) is 22.1. The van der Waals surface area contributed by atoms with Crippen molar-refractivity contribution in [2.45, 2.75) is 12.8 Å². The van der Waals surface area contributed by atoms with Crippen molar-refractivity contribution in [2.24, 2.45) is 5.34 Å². The van der Waals surface area contributed by atoms with Crippen LogP contribution in [0.4, 0.5) is 5.82 Å². The molecule has 0 aliphatic rings. The molecule has 0 saturated carbocycles. The lowest BCUT2D eigenvalue weighted by Gasteiger charge is -2.10. The molecule has 3 rings (SSSR count). The minimum atomic E-state index is -0.728. The maximum atomic E-state index is 11.5. The highest BCUT2D eigenvalue weighted by Gasteiger charge is 2.10. The molecule has 3 aromatic rings. The standard InChI is InChI=1S/C22H22N4O5/c1-29-18-8-6-15(7-9-18)10-11-23-20-14-19(24-22(25-20)30-2)17-5-3-4-16(12-17)13-21(27)31-26-28/h3-9,12,14H,10-11,13H2,1-2H3,(H,23,24,25). The Morgan fingerprint density at radius 2 is 1.81 bits per heavy atom. The molecule has 1 aromatic heterocycles. The molecule has 0 unspecified atom stereocenters. The maximum absolute atomic E-state index is 11.5. The Morgan fingerprint density at radius 1 is 1.00 bits per heavy atom. The van der Waals surface area contributed by atoms with Crippen molar-refractivity contribution < 1.29 is 19.1 Å². The van der Waals surface area contributed by atoms with E-state index in [4.69, 9.17) is 9.47 Å². The van der Waals surface area contributed by atoms with Gasteiger partial charge in [0, 0.05) is 18.2 Å². The number of anilines is 1. The van der Waals surface area contributed by atoms with Crippen LogP contribution in [0.15, 0.2) is 59.9 Å². The Kier molecular flexibility index (Phi) is 7.47. The molecule has 0 saturated heterocycles. The second-order valence-electron chi connectivity index (χ2n) is 6.56. The van der Waals surface area contributed by atoms with Crippen LogP contribution in [0, 0.1) is 4.91 Å². The molecular weight excluding hydrogens is 400 g/mol. The Labute approximate surface area is 179 Å². The molecule has 31 heavy (non-hydrogen) atoms. The van der Waals surface area contributed by atoms with E-state index in [9.17, 15) is 9.70 Å². The SMILES string of the molecule is COc1ccc(CCNc2cc(-c3cccc(CC(=O)ON=O)c3)nc(OC)n2)cc1. The summed E-state index contributed by atoms with van der Waals surface area (Å²) < 4.78 is 10.4. The van der Waals surface area contributed by atoms with E-state index in [0.29, 0.717) is 23.6 Å². The van der Waals surface area contributed by atoms with Gasteiger partial charge < -0.3 is 14.8 Å². The van der Waals surface area contributed by atoms with Gasteiger partial charge in [0.25, 0.3) is 0 Å². The molecule has 1 heterocycles. The third-order valence-corrected chi connectivity index (χ3v) is 4.48. The molecule has 0 spiro atoms. The van der Waals surface area contributed by atoms with Crippen molar-refractivity contribution in [2.75, 3.05) is 26.1 Å². The molecule has 0 radical (unpaired) electrons. The monoisotopic (exact) mass is 422 g/mol. The number of carbonyl (C=O) groups excluding carboxylic acids is 1. The van der Waals surface area contributed by atoms with E-state index in [2.05, 4.69) is 25.5 Å². The van der Waals surface area contributed by atoms with Gasteiger partial charge in [-0.2, -0.15) is 9.97 Å². The van der Waals surface area contributed by atoms with E-state index in [1.807, 2.05) is 30.3 Å². The molecular formula is C22H22N4O5. The molecule has 9 nitrogen and oxygen atoms in total. The normalized spacial score (nSPS) is 10.3. The molecule has 0 aliphatic heterocycles. The highest BCUT2D eigenvalue weighted by atomic mass is 16.7. The number of carbonyl (C=O) groups is 1. The van der Waals surface area contributed by atoms with Crippen molar-refractivity contribution in [3.05, 3.63) is 70.6 Å². The highest BCUT2D eigenvalue weighted by Crippen LogP contribution is 2.24. The number of aromatic nitrogens is 2. The van der Waals surface area contributed by atoms with Gasteiger partial charge in [0.15, 0.2) is 5.34 Å². The number of methoxy groups -OCH3 is 2. The van der Waals surface area contributed by atoms with Crippen LogP contribution in [-0.2, 0) is 22.5 Å². The first kappa shape index (κ1) is 21.7. The largest absolute Gasteiger partial charge is 0.497 e. The summed E-state index contributed by atoms with van der Waals surface area (Å²) in [7, 11) is 3.14. The Balaban J connectivity index is 1.72. The quantitative estimate of drug-likeness (QED) is 0.390. The van der Waals surface area contributed by atoms with Gasteiger partial charge in [-0.05, 0) is 35.7 Å². The fourth-order valence-corrected chi connectivity index (χ4v) is 2.96. The average molecular weight is 422 g/mol. The van der Waals surface area contributed by atoms with Gasteiger partial charge in [0.2, 0.25) is 0 Å². The first-order valence-electron chi connectivity index (χ1n) is 9.53. The molecule has 0 amide bonds. The number of benzene rings is 2. The van der Waals surface area contributed by atoms with Crippen LogP contribution in [0.1, 0.15) is 11.1 Å². The fourth-order valence-electron chi connectivity index (χ4n) is 2.96. The van der Waals surface area contributed by atoms with Gasteiger partial charge in [-0.15, -0.1) is 4.91 Å². The summed E-state index contributed by atoms with van der Waals surface area (Å²) in [5.74, 6) is 0.707. The van der Waals surface area contributed by atoms with Crippen molar-refractivity contribution in [3.63, 3.8) is 0 Å². The zero-order valence-electron chi connectivity index (χ0n) is 17.2. The van der Waals surface area contributed by atoms with Crippen molar-refractivity contribution >= 4 is 11.8 Å². The second-order valence-corrected chi connectivity index (χ2v) is 6.56. The number of rotatable bonds is 10. The van der Waals surface area contributed by atoms with Gasteiger partial charge in [-0.3, -0.25) is 4.84 Å². The van der Waals surface area contributed by atoms with E-state index < -0.39 is 5.97 Å². The Hall–Kier alpha value is -4.01. The number of nitrogens with one attached hydrogen (secondary N) is 1. The summed E-state index contributed by atoms with van der Waals surface area (Å²) in [6.07, 6.45) is 0.725. The van der Waals surface area contributed by atoms with E-state index >= 15 is 0 Å². The van der Waals surface area contributed by atoms with Gasteiger partial charge in [0.05, 0.1) is 26.3 Å². The molecule has 160 valence electrons. The molecule has 0 aliphatic carbocycles. The first-order chi connectivity index (χ1) is 15.1. The van der Waals surface area contributed by atoms with Crippen molar-refractivity contribution in [1.29, 1.82) is 0 Å². The van der Waals surface area contributed by atoms with Crippen LogP contribution in [0.3, 0.4) is 0 Å². The topological polar surface area (TPSA) is 112 Å². The minimum Gasteiger partial charge on any atom is -0.497 e. The van der Waals surface area contributed by atoms with Gasteiger partial charge >= 0.3 is 12.0 Å². The Morgan fingerprint density at radius 3 is 2.52 bits per heavy atom. The smallest absolute Gasteiger partial charge is 0.342 e. The summed E-state index contributed by atoms with van der Waals surface area (Å²) in [4.78, 5) is 34.4. The van der Waals surface area contributed by atoms with Crippen molar-refractivity contribution in [3.8, 4) is 23.0 Å². The summed E-state index contributed by atoms with van der Waals surface area (Å²) >= 11 is 0. The predicted octanol–water partition coefficient (Wildman–Crippen LogP) is 3.58. The lowest BCUT2D eigenvalue weighted by molar-refractivity contribution is -0.143. The summed E-state index contributed by atoms with van der Waals surface area (Å²) in [6, 6.07) is 17.1. The average Bonchev–Trinajstić information content (AvgIpc) is 2.79. The molecule has 1 N–H and O–H groups in total. The van der Waals surface area contributed by atoms with Crippen LogP contribution in [0.2, 0.25) is 0 Å². The lowest BCUT2D eigenvalue weighted by Crippen LogP contribution is -2.08. The van der Waals surface area contributed by atoms with E-state index in [1.54, 1.807) is 31.4 Å². The van der Waals surface area contributed by atoms with E-state index in [-0.39, 0.29) is 12.4 Å². The third-order valence-electron chi connectivity index (χ3n) is 4.48. The van der Waals surface area contributed by atoms with Crippen molar-refractivity contribution in [1.82, 2.24) is 9.97 Å². The van der Waals surface area contributed by atoms with Gasteiger partial charge in [0.1, 0.15) is 11.6 Å². The Bertz CT molecular complexity index is 1040. The van der Waals surface area contributed by atoms with E-state index in [0.717, 1.165) is 17.7 Å². The number of nitrogens with zero attached hydrogens (tertiary/aromatic N) is 3. The number of hydrogen-bond donors (Lipinski definition) is 1. The molecule has 0 atom stereocenters. The van der Waals surface area contributed by atoms with Gasteiger partial charge in [-0.1, -0.05) is 30.3 Å². The number of hydrogen-bond acceptors (Lipinski definition) is 9. The molecule has 2 aromatic carbocycles. The maximum Gasteiger partial charge on any atom is 0.342 e. The van der Waals surface area contributed by atoms with Crippen LogP contribution < -0.4 is 14.8 Å². The first-order valence-corrected chi connectivity index (χ1v) is 9.53.